The number of nitrogens with zero attached hydrogens (tertiary/aromatic N) is 5. The SMILES string of the molecule is COc1ccc(NC(=S)N(CCNC(=O)Cc2cncn2Cc2ccc(C#N)cc2)Cc2cccc(Cl)c2Cl)cn1. The van der Waals surface area contributed by atoms with Gasteiger partial charge in [-0.05, 0) is 47.6 Å². The number of thiocarbonyl (C=S) groups is 1. The fourth-order valence-electron chi connectivity index (χ4n) is 3.98. The van der Waals surface area contributed by atoms with Gasteiger partial charge in [-0.2, -0.15) is 5.26 Å². The van der Waals surface area contributed by atoms with Crippen LogP contribution in [-0.2, 0) is 24.3 Å². The molecule has 4 aromatic rings. The second-order valence-corrected chi connectivity index (χ2v) is 10.2. The Hall–Kier alpha value is -4.17. The summed E-state index contributed by atoms with van der Waals surface area (Å²) in [5, 5.41) is 16.5. The van der Waals surface area contributed by atoms with Gasteiger partial charge in [0.25, 0.3) is 0 Å². The third-order valence-corrected chi connectivity index (χ3v) is 7.38. The summed E-state index contributed by atoms with van der Waals surface area (Å²) in [5.41, 5.74) is 3.87. The van der Waals surface area contributed by atoms with Crippen LogP contribution in [0.1, 0.15) is 22.4 Å². The molecule has 0 spiro atoms. The first-order valence-electron chi connectivity index (χ1n) is 12.6. The number of ether oxygens (including phenoxy) is 1. The number of hydrogen-bond donors (Lipinski definition) is 2. The zero-order chi connectivity index (χ0) is 29.2. The summed E-state index contributed by atoms with van der Waals surface area (Å²) >= 11 is 18.4. The van der Waals surface area contributed by atoms with Crippen molar-refractivity contribution in [3.63, 3.8) is 0 Å². The van der Waals surface area contributed by atoms with Crippen LogP contribution >= 0.6 is 35.4 Å². The van der Waals surface area contributed by atoms with Gasteiger partial charge >= 0.3 is 0 Å². The van der Waals surface area contributed by atoms with Crippen LogP contribution in [0.5, 0.6) is 5.88 Å². The highest BCUT2D eigenvalue weighted by molar-refractivity contribution is 7.80. The largest absolute Gasteiger partial charge is 0.481 e. The second kappa shape index (κ2) is 14.5. The van der Waals surface area contributed by atoms with Gasteiger partial charge in [0.1, 0.15) is 0 Å². The Bertz CT molecular complexity index is 1540. The Morgan fingerprint density at radius 1 is 1.15 bits per heavy atom. The van der Waals surface area contributed by atoms with Crippen LogP contribution in [0.4, 0.5) is 5.69 Å². The molecule has 2 aromatic carbocycles. The summed E-state index contributed by atoms with van der Waals surface area (Å²) < 4.78 is 7.03. The fraction of sp³-hybridized carbons (Fsp3) is 0.207. The maximum atomic E-state index is 12.8. The average Bonchev–Trinajstić information content (AvgIpc) is 3.41. The summed E-state index contributed by atoms with van der Waals surface area (Å²) in [5.74, 6) is 0.343. The van der Waals surface area contributed by atoms with Crippen molar-refractivity contribution < 1.29 is 9.53 Å². The molecular weight excluding hydrogens is 581 g/mol. The van der Waals surface area contributed by atoms with E-state index in [0.29, 0.717) is 58.5 Å². The minimum absolute atomic E-state index is 0.148. The van der Waals surface area contributed by atoms with Crippen molar-refractivity contribution in [2.75, 3.05) is 25.5 Å². The number of anilines is 1. The molecule has 210 valence electrons. The molecule has 9 nitrogen and oxygen atoms in total. The standard InChI is InChI=1S/C29H27Cl2N7O2S/c1-40-27-10-9-23(15-35-27)36-29(41)37(18-22-3-2-4-25(30)28(22)31)12-11-34-26(39)13-24-16-33-19-38(24)17-21-7-5-20(14-32)6-8-21/h2-10,15-16,19H,11-13,17-18H2,1H3,(H,34,39)(H,36,41). The highest BCUT2D eigenvalue weighted by atomic mass is 35.5. The molecule has 0 aliphatic rings. The van der Waals surface area contributed by atoms with E-state index in [4.69, 9.17) is 45.4 Å². The number of halogens is 2. The molecular formula is C29H27Cl2N7O2S. The van der Waals surface area contributed by atoms with E-state index >= 15 is 0 Å². The molecule has 0 unspecified atom stereocenters. The van der Waals surface area contributed by atoms with Crippen LogP contribution < -0.4 is 15.4 Å². The van der Waals surface area contributed by atoms with Crippen molar-refractivity contribution in [2.24, 2.45) is 0 Å². The first-order valence-corrected chi connectivity index (χ1v) is 13.8. The van der Waals surface area contributed by atoms with E-state index in [2.05, 4.69) is 26.7 Å². The van der Waals surface area contributed by atoms with Crippen molar-refractivity contribution in [2.45, 2.75) is 19.5 Å². The molecule has 2 aromatic heterocycles. The highest BCUT2D eigenvalue weighted by Crippen LogP contribution is 2.26. The zero-order valence-corrected chi connectivity index (χ0v) is 24.5. The van der Waals surface area contributed by atoms with Gasteiger partial charge in [-0.3, -0.25) is 4.79 Å². The number of carbonyl (C=O) groups excluding carboxylic acids is 1. The molecule has 41 heavy (non-hydrogen) atoms. The molecule has 1 amide bonds. The number of carbonyl (C=O) groups is 1. The summed E-state index contributed by atoms with van der Waals surface area (Å²) in [6.07, 6.45) is 5.16. The Morgan fingerprint density at radius 3 is 2.66 bits per heavy atom. The van der Waals surface area contributed by atoms with Gasteiger partial charge in [0.05, 0.1) is 53.4 Å². The normalized spacial score (nSPS) is 10.5. The van der Waals surface area contributed by atoms with Gasteiger partial charge in [0, 0.05) is 44.1 Å². The van der Waals surface area contributed by atoms with E-state index in [9.17, 15) is 4.79 Å². The van der Waals surface area contributed by atoms with Gasteiger partial charge in [-0.25, -0.2) is 9.97 Å². The summed E-state index contributed by atoms with van der Waals surface area (Å²) in [7, 11) is 1.55. The molecule has 4 rings (SSSR count). The quantitative estimate of drug-likeness (QED) is 0.227. The zero-order valence-electron chi connectivity index (χ0n) is 22.2. The lowest BCUT2D eigenvalue weighted by molar-refractivity contribution is -0.120. The molecule has 0 atom stereocenters. The Kier molecular flexibility index (Phi) is 10.5. The molecule has 0 saturated carbocycles. The number of nitriles is 1. The fourth-order valence-corrected chi connectivity index (χ4v) is 4.64. The van der Waals surface area contributed by atoms with Crippen LogP contribution in [0.3, 0.4) is 0 Å². The first kappa shape index (κ1) is 29.8. The number of nitrogens with one attached hydrogen (secondary N) is 2. The van der Waals surface area contributed by atoms with Crippen molar-refractivity contribution in [3.05, 3.63) is 106 Å². The Labute approximate surface area is 253 Å². The highest BCUT2D eigenvalue weighted by Gasteiger charge is 2.16. The number of methoxy groups -OCH3 is 1. The number of rotatable bonds is 11. The lowest BCUT2D eigenvalue weighted by Gasteiger charge is -2.26. The number of imidazole rings is 1. The van der Waals surface area contributed by atoms with Crippen molar-refractivity contribution >= 4 is 52.1 Å². The predicted octanol–water partition coefficient (Wildman–Crippen LogP) is 5.07. The lowest BCUT2D eigenvalue weighted by atomic mass is 10.1. The van der Waals surface area contributed by atoms with E-state index in [1.807, 2.05) is 39.8 Å². The van der Waals surface area contributed by atoms with Gasteiger partial charge < -0.3 is 24.8 Å². The van der Waals surface area contributed by atoms with Crippen molar-refractivity contribution in [3.8, 4) is 11.9 Å². The number of amides is 1. The maximum Gasteiger partial charge on any atom is 0.226 e. The van der Waals surface area contributed by atoms with E-state index in [-0.39, 0.29) is 12.3 Å². The lowest BCUT2D eigenvalue weighted by Crippen LogP contribution is -2.40. The van der Waals surface area contributed by atoms with Gasteiger partial charge in [0.15, 0.2) is 5.11 Å². The second-order valence-electron chi connectivity index (χ2n) is 9.00. The van der Waals surface area contributed by atoms with Gasteiger partial charge in [-0.15, -0.1) is 0 Å². The monoisotopic (exact) mass is 607 g/mol. The minimum Gasteiger partial charge on any atom is -0.481 e. The van der Waals surface area contributed by atoms with E-state index in [0.717, 1.165) is 16.8 Å². The van der Waals surface area contributed by atoms with Crippen molar-refractivity contribution in [1.29, 1.82) is 5.26 Å². The topological polar surface area (TPSA) is 108 Å². The molecule has 0 aliphatic carbocycles. The Morgan fingerprint density at radius 2 is 1.95 bits per heavy atom. The smallest absolute Gasteiger partial charge is 0.226 e. The molecule has 0 radical (unpaired) electrons. The van der Waals surface area contributed by atoms with Gasteiger partial charge in [0.2, 0.25) is 11.8 Å². The number of pyridine rings is 1. The molecule has 12 heteroatoms. The molecule has 2 N–H and O–H groups in total. The first-order chi connectivity index (χ1) is 19.9. The molecule has 0 bridgehead atoms. The number of benzene rings is 2. The van der Waals surface area contributed by atoms with Crippen LogP contribution in [-0.4, -0.2) is 50.7 Å². The van der Waals surface area contributed by atoms with Crippen LogP contribution in [0.15, 0.2) is 73.3 Å². The van der Waals surface area contributed by atoms with E-state index < -0.39 is 0 Å². The minimum atomic E-state index is -0.148. The third kappa shape index (κ3) is 8.41. The van der Waals surface area contributed by atoms with E-state index in [1.165, 1.54) is 0 Å². The van der Waals surface area contributed by atoms with Gasteiger partial charge in [-0.1, -0.05) is 47.5 Å². The third-order valence-electron chi connectivity index (χ3n) is 6.16. The maximum absolute atomic E-state index is 12.8. The molecule has 0 fully saturated rings. The van der Waals surface area contributed by atoms with E-state index in [1.54, 1.807) is 50.1 Å². The summed E-state index contributed by atoms with van der Waals surface area (Å²) in [4.78, 5) is 23.2. The van der Waals surface area contributed by atoms with Crippen LogP contribution in [0.2, 0.25) is 10.0 Å². The molecule has 0 aliphatic heterocycles. The summed E-state index contributed by atoms with van der Waals surface area (Å²) in [6, 6.07) is 18.4. The number of aromatic nitrogens is 3. The predicted molar refractivity (Wildman–Crippen MR) is 163 cm³/mol. The van der Waals surface area contributed by atoms with Crippen molar-refractivity contribution in [1.82, 2.24) is 24.8 Å². The Balaban J connectivity index is 1.37. The summed E-state index contributed by atoms with van der Waals surface area (Å²) in [6.45, 7) is 1.67. The number of hydrogen-bond acceptors (Lipinski definition) is 6. The molecule has 2 heterocycles. The van der Waals surface area contributed by atoms with Crippen LogP contribution in [0, 0.1) is 11.3 Å². The average molecular weight is 609 g/mol. The van der Waals surface area contributed by atoms with Crippen LogP contribution in [0.25, 0.3) is 0 Å². The molecule has 0 saturated heterocycles.